The maximum Gasteiger partial charge on any atom is 0.317 e. The van der Waals surface area contributed by atoms with Crippen molar-refractivity contribution in [2.75, 3.05) is 6.54 Å². The molecule has 1 saturated carbocycles. The van der Waals surface area contributed by atoms with E-state index in [9.17, 15) is 4.79 Å². The van der Waals surface area contributed by atoms with Crippen LogP contribution in [0.25, 0.3) is 0 Å². The largest absolute Gasteiger partial charge is 0.335 e. The molecule has 0 aromatic rings. The standard InChI is InChI=1S/C10H18N2O/c1-7-5-8(2)12(6-7)10(13)11-9-3-4-9/h7-9H,3-6H2,1-2H3,(H,11,13). The number of urea groups is 1. The Balaban J connectivity index is 1.87. The molecule has 74 valence electrons. The fraction of sp³-hybridized carbons (Fsp3) is 0.900. The monoisotopic (exact) mass is 182 g/mol. The number of nitrogens with one attached hydrogen (secondary N) is 1. The van der Waals surface area contributed by atoms with Gasteiger partial charge in [-0.25, -0.2) is 4.79 Å². The third-order valence-electron chi connectivity index (χ3n) is 2.95. The third kappa shape index (κ3) is 1.95. The maximum absolute atomic E-state index is 11.7. The van der Waals surface area contributed by atoms with Crippen molar-refractivity contribution in [3.05, 3.63) is 0 Å². The molecule has 3 nitrogen and oxygen atoms in total. The number of rotatable bonds is 1. The highest BCUT2D eigenvalue weighted by Crippen LogP contribution is 2.24. The second-order valence-electron chi connectivity index (χ2n) is 4.57. The Bertz CT molecular complexity index is 213. The zero-order valence-electron chi connectivity index (χ0n) is 8.42. The van der Waals surface area contributed by atoms with Crippen LogP contribution in [-0.4, -0.2) is 29.6 Å². The van der Waals surface area contributed by atoms with E-state index in [-0.39, 0.29) is 6.03 Å². The van der Waals surface area contributed by atoms with Gasteiger partial charge >= 0.3 is 6.03 Å². The van der Waals surface area contributed by atoms with Crippen molar-refractivity contribution in [2.24, 2.45) is 5.92 Å². The normalized spacial score (nSPS) is 33.5. The molecule has 0 spiro atoms. The minimum absolute atomic E-state index is 0.152. The summed E-state index contributed by atoms with van der Waals surface area (Å²) in [5, 5.41) is 3.03. The highest BCUT2D eigenvalue weighted by Gasteiger charge is 2.32. The van der Waals surface area contributed by atoms with Gasteiger partial charge in [-0.15, -0.1) is 0 Å². The van der Waals surface area contributed by atoms with E-state index in [1.165, 1.54) is 12.8 Å². The summed E-state index contributed by atoms with van der Waals surface area (Å²) >= 11 is 0. The number of amides is 2. The lowest BCUT2D eigenvalue weighted by Gasteiger charge is -2.21. The van der Waals surface area contributed by atoms with E-state index in [0.29, 0.717) is 18.0 Å². The molecule has 0 bridgehead atoms. The quantitative estimate of drug-likeness (QED) is 0.656. The van der Waals surface area contributed by atoms with Gasteiger partial charge in [-0.2, -0.15) is 0 Å². The van der Waals surface area contributed by atoms with Crippen LogP contribution in [0.2, 0.25) is 0 Å². The molecule has 1 saturated heterocycles. The first-order valence-corrected chi connectivity index (χ1v) is 5.24. The molecule has 13 heavy (non-hydrogen) atoms. The fourth-order valence-electron chi connectivity index (χ4n) is 2.07. The van der Waals surface area contributed by atoms with Crippen LogP contribution in [0.5, 0.6) is 0 Å². The van der Waals surface area contributed by atoms with Crippen LogP contribution in [0.15, 0.2) is 0 Å². The number of likely N-dealkylation sites (tertiary alicyclic amines) is 1. The Morgan fingerprint density at radius 3 is 2.54 bits per heavy atom. The first-order chi connectivity index (χ1) is 6.16. The summed E-state index contributed by atoms with van der Waals surface area (Å²) in [7, 11) is 0. The molecule has 2 amide bonds. The highest BCUT2D eigenvalue weighted by molar-refractivity contribution is 5.75. The molecule has 2 atom stereocenters. The van der Waals surface area contributed by atoms with Gasteiger partial charge < -0.3 is 10.2 Å². The smallest absolute Gasteiger partial charge is 0.317 e. The molecule has 2 unspecified atom stereocenters. The van der Waals surface area contributed by atoms with Gasteiger partial charge in [0.15, 0.2) is 0 Å². The molecule has 1 N–H and O–H groups in total. The van der Waals surface area contributed by atoms with Crippen LogP contribution >= 0.6 is 0 Å². The summed E-state index contributed by atoms with van der Waals surface area (Å²) in [5.41, 5.74) is 0. The molecule has 2 rings (SSSR count). The van der Waals surface area contributed by atoms with Crippen molar-refractivity contribution >= 4 is 6.03 Å². The summed E-state index contributed by atoms with van der Waals surface area (Å²) in [5.74, 6) is 0.667. The molecule has 2 aliphatic rings. The Hall–Kier alpha value is -0.730. The average Bonchev–Trinajstić information content (AvgIpc) is 2.77. The second-order valence-corrected chi connectivity index (χ2v) is 4.57. The molecule has 1 heterocycles. The van der Waals surface area contributed by atoms with Gasteiger partial charge in [0.2, 0.25) is 0 Å². The van der Waals surface area contributed by atoms with Crippen LogP contribution in [0, 0.1) is 5.92 Å². The molecule has 0 aromatic carbocycles. The molecule has 3 heteroatoms. The van der Waals surface area contributed by atoms with Gasteiger partial charge in [-0.1, -0.05) is 6.92 Å². The maximum atomic E-state index is 11.7. The SMILES string of the molecule is CC1CC(C)N(C(=O)NC2CC2)C1. The highest BCUT2D eigenvalue weighted by atomic mass is 16.2. The van der Waals surface area contributed by atoms with Crippen LogP contribution < -0.4 is 5.32 Å². The van der Waals surface area contributed by atoms with Crippen LogP contribution in [-0.2, 0) is 0 Å². The topological polar surface area (TPSA) is 32.3 Å². The first kappa shape index (κ1) is 8.85. The zero-order chi connectivity index (χ0) is 9.42. The van der Waals surface area contributed by atoms with Crippen molar-refractivity contribution in [3.8, 4) is 0 Å². The van der Waals surface area contributed by atoms with Crippen molar-refractivity contribution in [2.45, 2.75) is 45.2 Å². The van der Waals surface area contributed by atoms with E-state index >= 15 is 0 Å². The summed E-state index contributed by atoms with van der Waals surface area (Å²) in [6.07, 6.45) is 3.49. The van der Waals surface area contributed by atoms with Crippen LogP contribution in [0.3, 0.4) is 0 Å². The van der Waals surface area contributed by atoms with E-state index in [1.54, 1.807) is 0 Å². The number of carbonyl (C=O) groups is 1. The Morgan fingerprint density at radius 1 is 1.38 bits per heavy atom. The lowest BCUT2D eigenvalue weighted by Crippen LogP contribution is -2.42. The zero-order valence-corrected chi connectivity index (χ0v) is 8.42. The van der Waals surface area contributed by atoms with Crippen molar-refractivity contribution in [3.63, 3.8) is 0 Å². The van der Waals surface area contributed by atoms with Crippen LogP contribution in [0.1, 0.15) is 33.1 Å². The third-order valence-corrected chi connectivity index (χ3v) is 2.95. The minimum atomic E-state index is 0.152. The van der Waals surface area contributed by atoms with Gasteiger partial charge in [-0.05, 0) is 32.1 Å². The summed E-state index contributed by atoms with van der Waals surface area (Å²) < 4.78 is 0. The van der Waals surface area contributed by atoms with Crippen molar-refractivity contribution in [1.29, 1.82) is 0 Å². The molecule has 0 radical (unpaired) electrons. The summed E-state index contributed by atoms with van der Waals surface area (Å²) in [6.45, 7) is 5.27. The average molecular weight is 182 g/mol. The lowest BCUT2D eigenvalue weighted by molar-refractivity contribution is 0.194. The van der Waals surface area contributed by atoms with Gasteiger partial charge in [0.25, 0.3) is 0 Å². The Kier molecular flexibility index (Phi) is 2.18. The molecule has 2 fully saturated rings. The molecule has 1 aliphatic heterocycles. The van der Waals surface area contributed by atoms with Gasteiger partial charge in [0.1, 0.15) is 0 Å². The second kappa shape index (κ2) is 3.20. The van der Waals surface area contributed by atoms with Gasteiger partial charge in [0, 0.05) is 18.6 Å². The van der Waals surface area contributed by atoms with Crippen molar-refractivity contribution in [1.82, 2.24) is 10.2 Å². The predicted octanol–water partition coefficient (Wildman–Crippen LogP) is 1.59. The predicted molar refractivity (Wildman–Crippen MR) is 51.5 cm³/mol. The molecule has 0 aromatic heterocycles. The Labute approximate surface area is 79.5 Å². The molecular weight excluding hydrogens is 164 g/mol. The van der Waals surface area contributed by atoms with E-state index < -0.39 is 0 Å². The molecule has 1 aliphatic carbocycles. The van der Waals surface area contributed by atoms with Crippen molar-refractivity contribution < 1.29 is 4.79 Å². The minimum Gasteiger partial charge on any atom is -0.335 e. The molecular formula is C10H18N2O. The van der Waals surface area contributed by atoms with Crippen LogP contribution in [0.4, 0.5) is 4.79 Å². The number of carbonyl (C=O) groups excluding carboxylic acids is 1. The number of nitrogens with zero attached hydrogens (tertiary/aromatic N) is 1. The Morgan fingerprint density at radius 2 is 2.08 bits per heavy atom. The number of hydrogen-bond acceptors (Lipinski definition) is 1. The lowest BCUT2D eigenvalue weighted by atomic mass is 10.1. The van der Waals surface area contributed by atoms with Gasteiger partial charge in [0.05, 0.1) is 0 Å². The van der Waals surface area contributed by atoms with E-state index in [4.69, 9.17) is 0 Å². The summed E-state index contributed by atoms with van der Waals surface area (Å²) in [4.78, 5) is 13.6. The van der Waals surface area contributed by atoms with E-state index in [0.717, 1.165) is 13.0 Å². The van der Waals surface area contributed by atoms with Gasteiger partial charge in [-0.3, -0.25) is 0 Å². The van der Waals surface area contributed by atoms with E-state index in [2.05, 4.69) is 19.2 Å². The first-order valence-electron chi connectivity index (χ1n) is 5.24. The van der Waals surface area contributed by atoms with E-state index in [1.807, 2.05) is 4.90 Å². The fourth-order valence-corrected chi connectivity index (χ4v) is 2.07. The summed E-state index contributed by atoms with van der Waals surface area (Å²) in [6, 6.07) is 1.06. The number of hydrogen-bond donors (Lipinski definition) is 1.